The third kappa shape index (κ3) is 4.70. The number of cyclic esters (lactones) is 1. The number of hydrogen-bond donors (Lipinski definition) is 2. The molecule has 0 unspecified atom stereocenters. The Hall–Kier alpha value is -2.31. The van der Waals surface area contributed by atoms with E-state index in [4.69, 9.17) is 14.2 Å². The van der Waals surface area contributed by atoms with Crippen LogP contribution in [0.3, 0.4) is 0 Å². The van der Waals surface area contributed by atoms with E-state index in [1.807, 2.05) is 32.1 Å². The summed E-state index contributed by atoms with van der Waals surface area (Å²) >= 11 is 0. The Balaban J connectivity index is 1.90. The highest BCUT2D eigenvalue weighted by Gasteiger charge is 2.39. The molecule has 1 aromatic rings. The summed E-state index contributed by atoms with van der Waals surface area (Å²) in [5, 5.41) is 19.9. The zero-order valence-electron chi connectivity index (χ0n) is 15.8. The Labute approximate surface area is 159 Å². The monoisotopic (exact) mass is 374 g/mol. The number of hydrogen-bond acceptors (Lipinski definition) is 6. The van der Waals surface area contributed by atoms with Crippen LogP contribution in [0.4, 0.5) is 0 Å². The molecular formula is C21H26O6. The molecule has 0 radical (unpaired) electrons. The van der Waals surface area contributed by atoms with Crippen LogP contribution in [0.15, 0.2) is 30.4 Å². The van der Waals surface area contributed by atoms with Gasteiger partial charge in [-0.25, -0.2) is 4.79 Å². The molecule has 6 heteroatoms. The molecule has 0 amide bonds. The second-order valence-electron chi connectivity index (χ2n) is 7.43. The van der Waals surface area contributed by atoms with Gasteiger partial charge in [0.05, 0.1) is 6.10 Å². The van der Waals surface area contributed by atoms with E-state index in [-0.39, 0.29) is 35.4 Å². The van der Waals surface area contributed by atoms with Crippen LogP contribution in [0.1, 0.15) is 56.0 Å². The van der Waals surface area contributed by atoms with E-state index in [0.717, 1.165) is 12.5 Å². The van der Waals surface area contributed by atoms with E-state index < -0.39 is 11.8 Å². The van der Waals surface area contributed by atoms with E-state index in [1.165, 1.54) is 6.07 Å². The van der Waals surface area contributed by atoms with Gasteiger partial charge < -0.3 is 24.4 Å². The Morgan fingerprint density at radius 2 is 1.93 bits per heavy atom. The number of rotatable bonds is 0. The van der Waals surface area contributed by atoms with Gasteiger partial charge in [-0.2, -0.15) is 0 Å². The molecule has 3 rings (SSSR count). The molecule has 0 saturated carbocycles. The summed E-state index contributed by atoms with van der Waals surface area (Å²) in [6.07, 6.45) is 8.83. The van der Waals surface area contributed by atoms with Gasteiger partial charge in [0.1, 0.15) is 29.3 Å². The van der Waals surface area contributed by atoms with Crippen molar-refractivity contribution < 1.29 is 29.2 Å². The summed E-state index contributed by atoms with van der Waals surface area (Å²) in [5.41, 5.74) is 0.467. The number of carbonyl (C=O) groups is 1. The number of carbonyl (C=O) groups excluding carboxylic acids is 1. The van der Waals surface area contributed by atoms with Gasteiger partial charge in [-0.1, -0.05) is 24.3 Å². The Morgan fingerprint density at radius 1 is 1.15 bits per heavy atom. The van der Waals surface area contributed by atoms with E-state index in [9.17, 15) is 15.0 Å². The molecule has 1 saturated heterocycles. The summed E-state index contributed by atoms with van der Waals surface area (Å²) in [7, 11) is 0. The summed E-state index contributed by atoms with van der Waals surface area (Å²) in [6, 6.07) is 2.57. The molecular weight excluding hydrogens is 348 g/mol. The molecule has 0 spiro atoms. The number of phenolic OH excluding ortho intramolecular Hbond substituents is 2. The van der Waals surface area contributed by atoms with Gasteiger partial charge in [0.2, 0.25) is 0 Å². The lowest BCUT2D eigenvalue weighted by Gasteiger charge is -2.16. The van der Waals surface area contributed by atoms with Crippen LogP contribution in [-0.4, -0.2) is 40.3 Å². The van der Waals surface area contributed by atoms with Crippen molar-refractivity contribution in [1.29, 1.82) is 0 Å². The van der Waals surface area contributed by atoms with Crippen molar-refractivity contribution >= 4 is 12.0 Å². The quantitative estimate of drug-likeness (QED) is 0.529. The molecule has 27 heavy (non-hydrogen) atoms. The van der Waals surface area contributed by atoms with Gasteiger partial charge in [-0.05, 0) is 45.2 Å². The lowest BCUT2D eigenvalue weighted by Crippen LogP contribution is -2.21. The summed E-state index contributed by atoms with van der Waals surface area (Å²) in [5.74, 6) is -1.68. The van der Waals surface area contributed by atoms with Crippen LogP contribution in [0.5, 0.6) is 11.5 Å². The molecule has 2 heterocycles. The zero-order chi connectivity index (χ0) is 19.6. The third-order valence-corrected chi connectivity index (χ3v) is 4.58. The number of benzene rings is 1. The molecule has 0 bridgehead atoms. The van der Waals surface area contributed by atoms with Crippen LogP contribution < -0.4 is 0 Å². The largest absolute Gasteiger partial charge is 0.508 e. The number of esters is 1. The molecule has 1 fully saturated rings. The van der Waals surface area contributed by atoms with Crippen LogP contribution in [0, 0.1) is 0 Å². The van der Waals surface area contributed by atoms with Gasteiger partial charge in [0, 0.05) is 12.5 Å². The first kappa shape index (κ1) is 19.5. The van der Waals surface area contributed by atoms with Crippen molar-refractivity contribution in [1.82, 2.24) is 0 Å². The predicted octanol–water partition coefficient (Wildman–Crippen LogP) is 3.92. The summed E-state index contributed by atoms with van der Waals surface area (Å²) < 4.78 is 17.4. The molecule has 0 aromatic heterocycles. The molecule has 146 valence electrons. The fourth-order valence-corrected chi connectivity index (χ4v) is 3.40. The van der Waals surface area contributed by atoms with Crippen LogP contribution in [0.2, 0.25) is 0 Å². The van der Waals surface area contributed by atoms with Gasteiger partial charge in [-0.3, -0.25) is 0 Å². The van der Waals surface area contributed by atoms with Crippen molar-refractivity contribution in [2.24, 2.45) is 0 Å². The average molecular weight is 374 g/mol. The Morgan fingerprint density at radius 3 is 2.70 bits per heavy atom. The fraction of sp³-hybridized carbons (Fsp3) is 0.476. The Kier molecular flexibility index (Phi) is 5.58. The van der Waals surface area contributed by atoms with Gasteiger partial charge in [0.25, 0.3) is 0 Å². The van der Waals surface area contributed by atoms with Crippen LogP contribution in [0.25, 0.3) is 6.08 Å². The highest BCUT2D eigenvalue weighted by molar-refractivity contribution is 5.97. The van der Waals surface area contributed by atoms with Gasteiger partial charge >= 0.3 is 5.97 Å². The SMILES string of the molecule is C[C@H]1CC=C[C@H]2OC(C)(C)O[C@H]2CCC=Cc2cc(O)cc(O)c2C(=O)O1. The maximum Gasteiger partial charge on any atom is 0.342 e. The first-order valence-electron chi connectivity index (χ1n) is 9.21. The number of ether oxygens (including phenoxy) is 3. The molecule has 0 aliphatic carbocycles. The first-order chi connectivity index (χ1) is 12.7. The summed E-state index contributed by atoms with van der Waals surface area (Å²) in [6.45, 7) is 5.57. The van der Waals surface area contributed by atoms with Crippen molar-refractivity contribution in [3.63, 3.8) is 0 Å². The molecule has 3 atom stereocenters. The number of allylic oxidation sites excluding steroid dienone is 1. The maximum atomic E-state index is 12.5. The normalized spacial score (nSPS) is 28.1. The second-order valence-corrected chi connectivity index (χ2v) is 7.43. The second kappa shape index (κ2) is 7.74. The molecule has 2 aliphatic rings. The molecule has 1 aromatic carbocycles. The topological polar surface area (TPSA) is 85.2 Å². The molecule has 2 N–H and O–H groups in total. The number of aromatic hydroxyl groups is 2. The lowest BCUT2D eigenvalue weighted by molar-refractivity contribution is -0.143. The minimum Gasteiger partial charge on any atom is -0.508 e. The lowest BCUT2D eigenvalue weighted by atomic mass is 10.0. The van der Waals surface area contributed by atoms with Crippen LogP contribution in [-0.2, 0) is 14.2 Å². The first-order valence-corrected chi connectivity index (χ1v) is 9.21. The maximum absolute atomic E-state index is 12.5. The van der Waals surface area contributed by atoms with E-state index in [1.54, 1.807) is 13.0 Å². The highest BCUT2D eigenvalue weighted by atomic mass is 16.7. The van der Waals surface area contributed by atoms with Crippen LogP contribution >= 0.6 is 0 Å². The minimum atomic E-state index is -0.639. The molecule has 2 aliphatic heterocycles. The third-order valence-electron chi connectivity index (χ3n) is 4.58. The smallest absolute Gasteiger partial charge is 0.342 e. The average Bonchev–Trinajstić information content (AvgIpc) is 2.84. The molecule has 6 nitrogen and oxygen atoms in total. The number of fused-ring (bicyclic) bond motifs is 2. The zero-order valence-corrected chi connectivity index (χ0v) is 15.8. The van der Waals surface area contributed by atoms with E-state index in [0.29, 0.717) is 18.4 Å². The van der Waals surface area contributed by atoms with E-state index >= 15 is 0 Å². The standard InChI is InChI=1S/C21H26O6/c1-13-7-6-10-18-17(26-21(2,3)27-18)9-5-4-8-14-11-15(22)12-16(23)19(14)20(24)25-13/h4,6,8,10-13,17-18,22-23H,5,7,9H2,1-3H3/t13-,17-,18+/m0/s1. The van der Waals surface area contributed by atoms with Crippen molar-refractivity contribution in [2.45, 2.75) is 64.1 Å². The van der Waals surface area contributed by atoms with Crippen molar-refractivity contribution in [2.75, 3.05) is 0 Å². The predicted molar refractivity (Wildman–Crippen MR) is 100 cm³/mol. The van der Waals surface area contributed by atoms with Crippen molar-refractivity contribution in [3.8, 4) is 11.5 Å². The fourth-order valence-electron chi connectivity index (χ4n) is 3.40. The highest BCUT2D eigenvalue weighted by Crippen LogP contribution is 2.33. The Bertz CT molecular complexity index is 764. The van der Waals surface area contributed by atoms with Gasteiger partial charge in [-0.15, -0.1) is 0 Å². The minimum absolute atomic E-state index is 0.0522. The summed E-state index contributed by atoms with van der Waals surface area (Å²) in [4.78, 5) is 12.5. The van der Waals surface area contributed by atoms with E-state index in [2.05, 4.69) is 0 Å². The van der Waals surface area contributed by atoms with Crippen molar-refractivity contribution in [3.05, 3.63) is 41.5 Å². The number of phenols is 2. The van der Waals surface area contributed by atoms with Gasteiger partial charge in [0.15, 0.2) is 5.79 Å².